The summed E-state index contributed by atoms with van der Waals surface area (Å²) in [5, 5.41) is 28.1. The Bertz CT molecular complexity index is 833. The van der Waals surface area contributed by atoms with Gasteiger partial charge in [-0.2, -0.15) is 10.2 Å². The smallest absolute Gasteiger partial charge is 0.233 e. The van der Waals surface area contributed by atoms with Gasteiger partial charge in [0.15, 0.2) is 5.75 Å². The van der Waals surface area contributed by atoms with Crippen molar-refractivity contribution in [3.8, 4) is 5.75 Å². The van der Waals surface area contributed by atoms with Crippen LogP contribution >= 0.6 is 0 Å². The molecule has 30 heavy (non-hydrogen) atoms. The van der Waals surface area contributed by atoms with Gasteiger partial charge in [0.1, 0.15) is 11.6 Å². The minimum Gasteiger partial charge on any atom is -0.504 e. The maximum Gasteiger partial charge on any atom is 0.233 e. The molecule has 1 aliphatic rings. The number of carbonyl (C=O) groups is 1. The molecular formula is C20H30CrN6O3. The molecule has 0 aromatic carbocycles. The minimum atomic E-state index is -0.171. The number of aromatic hydroxyl groups is 1. The fourth-order valence-electron chi connectivity index (χ4n) is 2.78. The van der Waals surface area contributed by atoms with Crippen molar-refractivity contribution in [1.29, 1.82) is 0 Å². The van der Waals surface area contributed by atoms with Gasteiger partial charge in [-0.25, -0.2) is 0 Å². The minimum absolute atomic E-state index is 0. The van der Waals surface area contributed by atoms with E-state index in [4.69, 9.17) is 9.63 Å². The van der Waals surface area contributed by atoms with Gasteiger partial charge in [0.2, 0.25) is 5.91 Å². The Morgan fingerprint density at radius 1 is 1.20 bits per heavy atom. The number of amides is 1. The standard InChI is InChI=1S/C9H10N4O2.C6H10N2O.C5H10.Cr/c1-6-4-7(15-13-6)5-9(14)11-8-2-3-10-12-8;1-4(2)6-5(9)3-7-8-6;1-2-4-5-3-1;/h2-4H,5H2,1H3,(H2,10,11,12,14);3-4,9H,1-2H3,(H,7,8);1-5H2;. The van der Waals surface area contributed by atoms with Crippen molar-refractivity contribution < 1.29 is 31.8 Å². The van der Waals surface area contributed by atoms with Crippen LogP contribution in [0.3, 0.4) is 0 Å². The van der Waals surface area contributed by atoms with E-state index in [1.807, 2.05) is 13.8 Å². The van der Waals surface area contributed by atoms with Gasteiger partial charge in [0.25, 0.3) is 0 Å². The molecule has 0 aliphatic heterocycles. The summed E-state index contributed by atoms with van der Waals surface area (Å²) in [4.78, 5) is 11.4. The molecule has 164 valence electrons. The molecule has 3 heterocycles. The topological polar surface area (TPSA) is 133 Å². The molecule has 0 unspecified atom stereocenters. The molecule has 0 radical (unpaired) electrons. The summed E-state index contributed by atoms with van der Waals surface area (Å²) in [6.07, 6.45) is 10.6. The van der Waals surface area contributed by atoms with Gasteiger partial charge < -0.3 is 14.9 Å². The molecule has 0 spiro atoms. The van der Waals surface area contributed by atoms with Gasteiger partial charge in [-0.3, -0.25) is 15.0 Å². The zero-order valence-corrected chi connectivity index (χ0v) is 18.9. The number of aromatic amines is 2. The molecule has 9 nitrogen and oxygen atoms in total. The first kappa shape index (κ1) is 25.5. The maximum absolute atomic E-state index is 11.4. The molecule has 1 aliphatic carbocycles. The zero-order chi connectivity index (χ0) is 21.1. The van der Waals surface area contributed by atoms with Crippen molar-refractivity contribution in [3.63, 3.8) is 0 Å². The molecule has 3 aromatic heterocycles. The molecule has 1 amide bonds. The van der Waals surface area contributed by atoms with Crippen LogP contribution in [0.25, 0.3) is 0 Å². The third kappa shape index (κ3) is 9.29. The zero-order valence-electron chi connectivity index (χ0n) is 17.6. The first-order valence-corrected chi connectivity index (χ1v) is 9.89. The Labute approximate surface area is 187 Å². The van der Waals surface area contributed by atoms with Crippen LogP contribution in [0.4, 0.5) is 5.82 Å². The summed E-state index contributed by atoms with van der Waals surface area (Å²) in [5.41, 5.74) is 1.56. The summed E-state index contributed by atoms with van der Waals surface area (Å²) in [5.74, 6) is 1.51. The third-order valence-corrected chi connectivity index (χ3v) is 4.26. The Morgan fingerprint density at radius 2 is 1.87 bits per heavy atom. The number of nitrogens with one attached hydrogen (secondary N) is 3. The van der Waals surface area contributed by atoms with Crippen LogP contribution in [0.1, 0.15) is 69.0 Å². The van der Waals surface area contributed by atoms with Gasteiger partial charge in [-0.15, -0.1) is 0 Å². The molecular weight excluding hydrogens is 424 g/mol. The summed E-state index contributed by atoms with van der Waals surface area (Å²) >= 11 is 0. The second kappa shape index (κ2) is 13.6. The predicted octanol–water partition coefficient (Wildman–Crippen LogP) is 4.07. The number of anilines is 1. The van der Waals surface area contributed by atoms with Gasteiger partial charge in [-0.05, 0) is 12.8 Å². The third-order valence-electron chi connectivity index (χ3n) is 4.26. The number of hydrogen-bond donors (Lipinski definition) is 4. The van der Waals surface area contributed by atoms with Crippen molar-refractivity contribution in [2.24, 2.45) is 0 Å². The van der Waals surface area contributed by atoms with E-state index in [-0.39, 0.29) is 35.4 Å². The summed E-state index contributed by atoms with van der Waals surface area (Å²) in [6, 6.07) is 3.40. The van der Waals surface area contributed by atoms with Crippen molar-refractivity contribution >= 4 is 11.7 Å². The molecule has 0 saturated heterocycles. The summed E-state index contributed by atoms with van der Waals surface area (Å²) in [6.45, 7) is 5.79. The fourth-order valence-corrected chi connectivity index (χ4v) is 2.78. The average molecular weight is 454 g/mol. The molecule has 3 aromatic rings. The SMILES string of the molecule is C1CCCC1.CC(C)c1[nH]ncc1O.Cc1cc(CC(=O)Nc2ccn[nH]2)on1.[Cr]. The largest absolute Gasteiger partial charge is 0.504 e. The van der Waals surface area contributed by atoms with Crippen molar-refractivity contribution in [1.82, 2.24) is 25.6 Å². The first-order chi connectivity index (χ1) is 14.0. The molecule has 10 heteroatoms. The summed E-state index contributed by atoms with van der Waals surface area (Å²) < 4.78 is 4.92. The monoisotopic (exact) mass is 454 g/mol. The molecule has 4 rings (SSSR count). The van der Waals surface area contributed by atoms with Crippen LogP contribution < -0.4 is 5.32 Å². The Kier molecular flexibility index (Phi) is 11.6. The predicted molar refractivity (Wildman–Crippen MR) is 110 cm³/mol. The number of H-pyrrole nitrogens is 2. The van der Waals surface area contributed by atoms with Crippen molar-refractivity contribution in [2.45, 2.75) is 65.2 Å². The molecule has 4 N–H and O–H groups in total. The normalized spacial score (nSPS) is 12.3. The van der Waals surface area contributed by atoms with E-state index in [2.05, 4.69) is 30.9 Å². The second-order valence-electron chi connectivity index (χ2n) is 7.22. The molecule has 0 bridgehead atoms. The first-order valence-electron chi connectivity index (χ1n) is 9.89. The van der Waals surface area contributed by atoms with Gasteiger partial charge in [0.05, 0.1) is 30.2 Å². The number of carbonyl (C=O) groups excluding carboxylic acids is 1. The fraction of sp³-hybridized carbons (Fsp3) is 0.500. The second-order valence-corrected chi connectivity index (χ2v) is 7.22. The van der Waals surface area contributed by atoms with Gasteiger partial charge in [-0.1, -0.05) is 51.1 Å². The van der Waals surface area contributed by atoms with Gasteiger partial charge >= 0.3 is 0 Å². The molecule has 1 saturated carbocycles. The van der Waals surface area contributed by atoms with Crippen LogP contribution in [0, 0.1) is 6.92 Å². The van der Waals surface area contributed by atoms with E-state index in [1.54, 1.807) is 25.3 Å². The number of nitrogens with zero attached hydrogens (tertiary/aromatic N) is 3. The van der Waals surface area contributed by atoms with Crippen LogP contribution in [-0.2, 0) is 28.6 Å². The van der Waals surface area contributed by atoms with Crippen LogP contribution in [0.5, 0.6) is 5.75 Å². The quantitative estimate of drug-likeness (QED) is 0.470. The van der Waals surface area contributed by atoms with E-state index in [1.165, 1.54) is 38.3 Å². The number of aryl methyl sites for hydroxylation is 1. The number of rotatable bonds is 4. The van der Waals surface area contributed by atoms with Crippen LogP contribution in [0.2, 0.25) is 0 Å². The van der Waals surface area contributed by atoms with Gasteiger partial charge in [0, 0.05) is 29.5 Å². The van der Waals surface area contributed by atoms with E-state index in [0.717, 1.165) is 11.4 Å². The van der Waals surface area contributed by atoms with E-state index >= 15 is 0 Å². The van der Waals surface area contributed by atoms with E-state index in [9.17, 15) is 4.79 Å². The van der Waals surface area contributed by atoms with Crippen molar-refractivity contribution in [3.05, 3.63) is 41.7 Å². The van der Waals surface area contributed by atoms with Crippen LogP contribution in [-0.4, -0.2) is 36.6 Å². The molecule has 0 atom stereocenters. The Balaban J connectivity index is 0.000000254. The van der Waals surface area contributed by atoms with Crippen LogP contribution in [0.15, 0.2) is 29.0 Å². The van der Waals surface area contributed by atoms with E-state index < -0.39 is 0 Å². The number of aromatic nitrogens is 5. The van der Waals surface area contributed by atoms with Crippen molar-refractivity contribution in [2.75, 3.05) is 5.32 Å². The van der Waals surface area contributed by atoms with E-state index in [0.29, 0.717) is 17.5 Å². The summed E-state index contributed by atoms with van der Waals surface area (Å²) in [7, 11) is 0. The number of hydrogen-bond acceptors (Lipinski definition) is 6. The molecule has 1 fully saturated rings. The average Bonchev–Trinajstić information content (AvgIpc) is 3.45. The Hall–Kier alpha value is -2.57. The Morgan fingerprint density at radius 3 is 2.27 bits per heavy atom. The maximum atomic E-state index is 11.4.